The molecular weight excluding hydrogens is 392 g/mol. The van der Waals surface area contributed by atoms with Crippen LogP contribution in [0.15, 0.2) is 66.9 Å². The van der Waals surface area contributed by atoms with Crippen molar-refractivity contribution in [3.8, 4) is 11.4 Å². The summed E-state index contributed by atoms with van der Waals surface area (Å²) in [6.45, 7) is -0.447. The van der Waals surface area contributed by atoms with Crippen LogP contribution in [-0.2, 0) is 9.53 Å². The number of imidazole rings is 1. The molecule has 8 heteroatoms. The Labute approximate surface area is 170 Å². The lowest BCUT2D eigenvalue weighted by Crippen LogP contribution is -2.21. The van der Waals surface area contributed by atoms with Crippen LogP contribution >= 0.6 is 11.6 Å². The minimum atomic E-state index is -0.625. The second-order valence-electron chi connectivity index (χ2n) is 6.13. The maximum atomic E-state index is 12.6. The van der Waals surface area contributed by atoms with Crippen molar-refractivity contribution in [2.24, 2.45) is 0 Å². The van der Waals surface area contributed by atoms with Gasteiger partial charge in [-0.05, 0) is 30.3 Å². The molecule has 0 aliphatic carbocycles. The number of fused-ring (bicyclic) bond motifs is 1. The number of pyridine rings is 1. The third-order valence-electron chi connectivity index (χ3n) is 4.12. The SMILES string of the molecule is O=C(COC(=O)c1ccccc1-c1nc2ccccc2[nH]1)Nc1ccc(Cl)cn1. The maximum absolute atomic E-state index is 12.6. The van der Waals surface area contributed by atoms with Crippen molar-refractivity contribution in [3.63, 3.8) is 0 Å². The number of aromatic nitrogens is 3. The molecule has 0 saturated carbocycles. The van der Waals surface area contributed by atoms with Crippen LogP contribution in [0.2, 0.25) is 5.02 Å². The first-order chi connectivity index (χ1) is 14.1. The average molecular weight is 407 g/mol. The van der Waals surface area contributed by atoms with Gasteiger partial charge in [0, 0.05) is 11.8 Å². The van der Waals surface area contributed by atoms with E-state index in [1.807, 2.05) is 24.3 Å². The fourth-order valence-electron chi connectivity index (χ4n) is 2.79. The Kier molecular flexibility index (Phi) is 5.22. The predicted octanol–water partition coefficient (Wildman–Crippen LogP) is 4.07. The van der Waals surface area contributed by atoms with Crippen LogP contribution in [0, 0.1) is 0 Å². The van der Waals surface area contributed by atoms with Gasteiger partial charge < -0.3 is 15.0 Å². The van der Waals surface area contributed by atoms with E-state index >= 15 is 0 Å². The number of anilines is 1. The number of ether oxygens (including phenoxy) is 1. The van der Waals surface area contributed by atoms with E-state index in [9.17, 15) is 9.59 Å². The summed E-state index contributed by atoms with van der Waals surface area (Å²) in [7, 11) is 0. The molecule has 2 aromatic carbocycles. The van der Waals surface area contributed by atoms with Crippen LogP contribution < -0.4 is 5.32 Å². The minimum Gasteiger partial charge on any atom is -0.452 e. The zero-order valence-electron chi connectivity index (χ0n) is 15.1. The summed E-state index contributed by atoms with van der Waals surface area (Å²) in [6.07, 6.45) is 1.41. The number of aromatic amines is 1. The molecule has 0 unspecified atom stereocenters. The number of carbonyl (C=O) groups excluding carboxylic acids is 2. The average Bonchev–Trinajstić information content (AvgIpc) is 3.18. The van der Waals surface area contributed by atoms with Crippen LogP contribution in [0.25, 0.3) is 22.4 Å². The Balaban J connectivity index is 1.47. The summed E-state index contributed by atoms with van der Waals surface area (Å²) < 4.78 is 5.18. The summed E-state index contributed by atoms with van der Waals surface area (Å²) in [5.41, 5.74) is 2.55. The molecule has 1 amide bonds. The van der Waals surface area contributed by atoms with E-state index in [1.54, 1.807) is 36.4 Å². The Morgan fingerprint density at radius 2 is 1.83 bits per heavy atom. The first-order valence-corrected chi connectivity index (χ1v) is 9.10. The molecule has 2 N–H and O–H groups in total. The van der Waals surface area contributed by atoms with Crippen LogP contribution in [0.5, 0.6) is 0 Å². The molecule has 4 aromatic rings. The second-order valence-corrected chi connectivity index (χ2v) is 6.57. The zero-order valence-corrected chi connectivity index (χ0v) is 15.8. The molecule has 0 fully saturated rings. The van der Waals surface area contributed by atoms with Gasteiger partial charge in [0.05, 0.1) is 21.6 Å². The van der Waals surface area contributed by atoms with Crippen molar-refractivity contribution in [2.45, 2.75) is 0 Å². The first-order valence-electron chi connectivity index (χ1n) is 8.73. The number of benzene rings is 2. The molecule has 0 atom stereocenters. The quantitative estimate of drug-likeness (QED) is 0.487. The highest BCUT2D eigenvalue weighted by molar-refractivity contribution is 6.30. The molecule has 0 spiro atoms. The lowest BCUT2D eigenvalue weighted by atomic mass is 10.1. The molecule has 2 heterocycles. The van der Waals surface area contributed by atoms with Gasteiger partial charge in [0.2, 0.25) is 0 Å². The van der Waals surface area contributed by atoms with E-state index in [-0.39, 0.29) is 0 Å². The highest BCUT2D eigenvalue weighted by atomic mass is 35.5. The summed E-state index contributed by atoms with van der Waals surface area (Å²) in [4.78, 5) is 36.3. The van der Waals surface area contributed by atoms with Gasteiger partial charge in [-0.25, -0.2) is 14.8 Å². The number of nitrogens with zero attached hydrogens (tertiary/aromatic N) is 2. The normalized spacial score (nSPS) is 10.7. The van der Waals surface area contributed by atoms with Gasteiger partial charge >= 0.3 is 5.97 Å². The molecule has 0 aliphatic rings. The number of rotatable bonds is 5. The molecule has 4 rings (SSSR count). The van der Waals surface area contributed by atoms with Crippen LogP contribution in [-0.4, -0.2) is 33.4 Å². The summed E-state index contributed by atoms with van der Waals surface area (Å²) in [5.74, 6) is -0.263. The highest BCUT2D eigenvalue weighted by Gasteiger charge is 2.17. The molecule has 144 valence electrons. The maximum Gasteiger partial charge on any atom is 0.339 e. The smallest absolute Gasteiger partial charge is 0.339 e. The van der Waals surface area contributed by atoms with E-state index in [1.165, 1.54) is 6.20 Å². The van der Waals surface area contributed by atoms with Crippen molar-refractivity contribution in [3.05, 3.63) is 77.4 Å². The second kappa shape index (κ2) is 8.12. The Morgan fingerprint density at radius 3 is 2.62 bits per heavy atom. The predicted molar refractivity (Wildman–Crippen MR) is 110 cm³/mol. The van der Waals surface area contributed by atoms with E-state index in [0.717, 1.165) is 11.0 Å². The zero-order chi connectivity index (χ0) is 20.2. The summed E-state index contributed by atoms with van der Waals surface area (Å²) in [6, 6.07) is 17.7. The first kappa shape index (κ1) is 18.6. The molecule has 2 aromatic heterocycles. The van der Waals surface area contributed by atoms with Crippen molar-refractivity contribution < 1.29 is 14.3 Å². The molecule has 0 saturated heterocycles. The summed E-state index contributed by atoms with van der Waals surface area (Å²) in [5, 5.41) is 2.99. The van der Waals surface area contributed by atoms with Crippen LogP contribution in [0.4, 0.5) is 5.82 Å². The molecule has 0 bridgehead atoms. The third-order valence-corrected chi connectivity index (χ3v) is 4.34. The minimum absolute atomic E-state index is 0.309. The number of halogens is 1. The highest BCUT2D eigenvalue weighted by Crippen LogP contribution is 2.24. The van der Waals surface area contributed by atoms with Gasteiger partial charge in [0.25, 0.3) is 5.91 Å². The Bertz CT molecular complexity index is 1150. The van der Waals surface area contributed by atoms with Gasteiger partial charge in [0.1, 0.15) is 11.6 Å². The summed E-state index contributed by atoms with van der Waals surface area (Å²) >= 11 is 5.76. The lowest BCUT2D eigenvalue weighted by molar-refractivity contribution is -0.119. The van der Waals surface area contributed by atoms with Crippen LogP contribution in [0.1, 0.15) is 10.4 Å². The molecule has 29 heavy (non-hydrogen) atoms. The number of nitrogens with one attached hydrogen (secondary N) is 2. The Hall–Kier alpha value is -3.71. The fraction of sp³-hybridized carbons (Fsp3) is 0.0476. The van der Waals surface area contributed by atoms with Crippen molar-refractivity contribution in [1.29, 1.82) is 0 Å². The number of H-pyrrole nitrogens is 1. The number of hydrogen-bond acceptors (Lipinski definition) is 5. The lowest BCUT2D eigenvalue weighted by Gasteiger charge is -2.08. The van der Waals surface area contributed by atoms with Gasteiger partial charge in [-0.15, -0.1) is 0 Å². The van der Waals surface area contributed by atoms with E-state index in [2.05, 4.69) is 20.3 Å². The van der Waals surface area contributed by atoms with E-state index in [0.29, 0.717) is 27.8 Å². The van der Waals surface area contributed by atoms with Gasteiger partial charge in [0.15, 0.2) is 6.61 Å². The molecule has 0 aliphatic heterocycles. The van der Waals surface area contributed by atoms with Crippen molar-refractivity contribution in [1.82, 2.24) is 15.0 Å². The van der Waals surface area contributed by atoms with Crippen molar-refractivity contribution in [2.75, 3.05) is 11.9 Å². The molecule has 0 radical (unpaired) electrons. The van der Waals surface area contributed by atoms with Gasteiger partial charge in [-0.3, -0.25) is 4.79 Å². The number of amides is 1. The van der Waals surface area contributed by atoms with Gasteiger partial charge in [-0.1, -0.05) is 41.9 Å². The van der Waals surface area contributed by atoms with Gasteiger partial charge in [-0.2, -0.15) is 0 Å². The van der Waals surface area contributed by atoms with Crippen LogP contribution in [0.3, 0.4) is 0 Å². The fourth-order valence-corrected chi connectivity index (χ4v) is 2.90. The number of carbonyl (C=O) groups is 2. The monoisotopic (exact) mass is 406 g/mol. The van der Waals surface area contributed by atoms with E-state index < -0.39 is 18.5 Å². The number of esters is 1. The topological polar surface area (TPSA) is 97.0 Å². The van der Waals surface area contributed by atoms with E-state index in [4.69, 9.17) is 16.3 Å². The standard InChI is InChI=1S/C21H15ClN4O3/c22-13-9-10-18(23-11-13)26-19(27)12-29-21(28)15-6-2-1-5-14(15)20-24-16-7-3-4-8-17(16)25-20/h1-11H,12H2,(H,24,25)(H,23,26,27). The molecular formula is C21H15ClN4O3. The van der Waals surface area contributed by atoms with Crippen molar-refractivity contribution >= 4 is 40.3 Å². The third kappa shape index (κ3) is 4.25. The number of para-hydroxylation sites is 2. The Morgan fingerprint density at radius 1 is 1.03 bits per heavy atom. The molecule has 7 nitrogen and oxygen atoms in total. The number of hydrogen-bond donors (Lipinski definition) is 2. The largest absolute Gasteiger partial charge is 0.452 e.